The van der Waals surface area contributed by atoms with Crippen LogP contribution in [0.1, 0.15) is 20.3 Å². The third-order valence-corrected chi connectivity index (χ3v) is 2.16. The molecule has 0 aromatic carbocycles. The predicted octanol–water partition coefficient (Wildman–Crippen LogP) is -0.747. The number of nitrogens with one attached hydrogen (secondary N) is 3. The van der Waals surface area contributed by atoms with E-state index in [0.717, 1.165) is 6.42 Å². The van der Waals surface area contributed by atoms with Gasteiger partial charge in [0.25, 0.3) is 0 Å². The van der Waals surface area contributed by atoms with E-state index >= 15 is 0 Å². The highest BCUT2D eigenvalue weighted by molar-refractivity contribution is 5.83. The number of methoxy groups -OCH3 is 1. The molecule has 0 aromatic rings. The highest BCUT2D eigenvalue weighted by Crippen LogP contribution is 1.82. The molecule has 0 saturated carbocycles. The Hall–Kier alpha value is -1.14. The molecule has 2 amide bonds. The van der Waals surface area contributed by atoms with Crippen molar-refractivity contribution < 1.29 is 14.3 Å². The molecule has 0 aliphatic carbocycles. The zero-order valence-electron chi connectivity index (χ0n) is 10.8. The van der Waals surface area contributed by atoms with Gasteiger partial charge in [0.2, 0.25) is 11.8 Å². The minimum absolute atomic E-state index is 0.0975. The number of carbonyl (C=O) groups is 2. The maximum absolute atomic E-state index is 11.3. The Balaban J connectivity index is 3.58. The van der Waals surface area contributed by atoms with Crippen molar-refractivity contribution in [1.82, 2.24) is 16.0 Å². The Morgan fingerprint density at radius 1 is 1.29 bits per heavy atom. The Bertz CT molecular complexity index is 234. The largest absolute Gasteiger partial charge is 0.385 e. The SMILES string of the molecule is CCNC(=O)C(C)NCC(=O)NCCCOC. The molecule has 17 heavy (non-hydrogen) atoms. The van der Waals surface area contributed by atoms with E-state index in [1.54, 1.807) is 14.0 Å². The van der Waals surface area contributed by atoms with Crippen molar-refractivity contribution in [2.75, 3.05) is 33.4 Å². The quantitative estimate of drug-likeness (QED) is 0.467. The topological polar surface area (TPSA) is 79.5 Å². The molecule has 1 unspecified atom stereocenters. The maximum atomic E-state index is 11.3. The number of likely N-dealkylation sites (N-methyl/N-ethyl adjacent to an activating group) is 1. The van der Waals surface area contributed by atoms with Crippen molar-refractivity contribution in [1.29, 1.82) is 0 Å². The van der Waals surface area contributed by atoms with E-state index in [1.807, 2.05) is 6.92 Å². The summed E-state index contributed by atoms with van der Waals surface area (Å²) in [6, 6.07) is -0.361. The second-order valence-corrected chi connectivity index (χ2v) is 3.69. The maximum Gasteiger partial charge on any atom is 0.236 e. The molecular formula is C11H23N3O3. The van der Waals surface area contributed by atoms with Crippen LogP contribution in [0.15, 0.2) is 0 Å². The normalized spacial score (nSPS) is 11.9. The van der Waals surface area contributed by atoms with Crippen molar-refractivity contribution in [2.24, 2.45) is 0 Å². The summed E-state index contributed by atoms with van der Waals surface area (Å²) in [5.74, 6) is -0.211. The molecule has 0 saturated heterocycles. The minimum Gasteiger partial charge on any atom is -0.385 e. The highest BCUT2D eigenvalue weighted by Gasteiger charge is 2.11. The lowest BCUT2D eigenvalue weighted by Crippen LogP contribution is -2.46. The number of rotatable bonds is 9. The smallest absolute Gasteiger partial charge is 0.236 e. The summed E-state index contributed by atoms with van der Waals surface area (Å²) in [4.78, 5) is 22.7. The van der Waals surface area contributed by atoms with Crippen LogP contribution in [0, 0.1) is 0 Å². The molecule has 0 aliphatic rings. The van der Waals surface area contributed by atoms with Gasteiger partial charge in [-0.05, 0) is 20.3 Å². The summed E-state index contributed by atoms with van der Waals surface area (Å²) in [5.41, 5.74) is 0. The second-order valence-electron chi connectivity index (χ2n) is 3.69. The molecule has 0 rings (SSSR count). The molecule has 3 N–H and O–H groups in total. The first-order valence-corrected chi connectivity index (χ1v) is 5.88. The van der Waals surface area contributed by atoms with E-state index in [9.17, 15) is 9.59 Å². The third-order valence-electron chi connectivity index (χ3n) is 2.16. The Morgan fingerprint density at radius 2 is 2.00 bits per heavy atom. The number of hydrogen-bond donors (Lipinski definition) is 3. The molecule has 0 radical (unpaired) electrons. The molecule has 0 spiro atoms. The molecule has 0 fully saturated rings. The van der Waals surface area contributed by atoms with E-state index in [1.165, 1.54) is 0 Å². The minimum atomic E-state index is -0.361. The van der Waals surface area contributed by atoms with Crippen LogP contribution in [0.25, 0.3) is 0 Å². The van der Waals surface area contributed by atoms with Crippen molar-refractivity contribution >= 4 is 11.8 Å². The fraction of sp³-hybridized carbons (Fsp3) is 0.818. The van der Waals surface area contributed by atoms with Crippen LogP contribution in [-0.4, -0.2) is 51.2 Å². The van der Waals surface area contributed by atoms with E-state index in [0.29, 0.717) is 19.7 Å². The monoisotopic (exact) mass is 245 g/mol. The van der Waals surface area contributed by atoms with Gasteiger partial charge in [-0.25, -0.2) is 0 Å². The number of ether oxygens (including phenoxy) is 1. The van der Waals surface area contributed by atoms with Crippen LogP contribution >= 0.6 is 0 Å². The Kier molecular flexibility index (Phi) is 9.37. The first-order valence-electron chi connectivity index (χ1n) is 5.88. The average molecular weight is 245 g/mol. The van der Waals surface area contributed by atoms with Crippen LogP contribution in [0.5, 0.6) is 0 Å². The van der Waals surface area contributed by atoms with Crippen molar-refractivity contribution in [3.8, 4) is 0 Å². The van der Waals surface area contributed by atoms with Crippen molar-refractivity contribution in [3.05, 3.63) is 0 Å². The van der Waals surface area contributed by atoms with Gasteiger partial charge in [0.05, 0.1) is 12.6 Å². The van der Waals surface area contributed by atoms with Gasteiger partial charge < -0.3 is 15.4 Å². The van der Waals surface area contributed by atoms with Crippen molar-refractivity contribution in [2.45, 2.75) is 26.3 Å². The van der Waals surface area contributed by atoms with Crippen molar-refractivity contribution in [3.63, 3.8) is 0 Å². The second kappa shape index (κ2) is 10.0. The van der Waals surface area contributed by atoms with Gasteiger partial charge >= 0.3 is 0 Å². The van der Waals surface area contributed by atoms with E-state index in [-0.39, 0.29) is 24.4 Å². The van der Waals surface area contributed by atoms with Gasteiger partial charge in [0.1, 0.15) is 0 Å². The summed E-state index contributed by atoms with van der Waals surface area (Å²) in [7, 11) is 1.62. The lowest BCUT2D eigenvalue weighted by Gasteiger charge is -2.13. The standard InChI is InChI=1S/C11H23N3O3/c1-4-12-11(16)9(2)14-8-10(15)13-6-5-7-17-3/h9,14H,4-8H2,1-3H3,(H,12,16)(H,13,15). The fourth-order valence-electron chi connectivity index (χ4n) is 1.17. The zero-order chi connectivity index (χ0) is 13.1. The van der Waals surface area contributed by atoms with Gasteiger partial charge in [0.15, 0.2) is 0 Å². The fourth-order valence-corrected chi connectivity index (χ4v) is 1.17. The highest BCUT2D eigenvalue weighted by atomic mass is 16.5. The summed E-state index contributed by atoms with van der Waals surface area (Å²) in [6.45, 7) is 5.53. The third kappa shape index (κ3) is 8.65. The molecular weight excluding hydrogens is 222 g/mol. The number of hydrogen-bond acceptors (Lipinski definition) is 4. The molecule has 1 atom stereocenters. The van der Waals surface area contributed by atoms with Gasteiger partial charge in [0, 0.05) is 26.8 Å². The van der Waals surface area contributed by atoms with Crippen LogP contribution < -0.4 is 16.0 Å². The van der Waals surface area contributed by atoms with Gasteiger partial charge in [-0.15, -0.1) is 0 Å². The lowest BCUT2D eigenvalue weighted by atomic mass is 10.3. The molecule has 6 nitrogen and oxygen atoms in total. The average Bonchev–Trinajstić information content (AvgIpc) is 2.32. The van der Waals surface area contributed by atoms with Crippen LogP contribution in [0.2, 0.25) is 0 Å². The summed E-state index contributed by atoms with van der Waals surface area (Å²) < 4.78 is 4.86. The van der Waals surface area contributed by atoms with E-state index in [2.05, 4.69) is 16.0 Å². The van der Waals surface area contributed by atoms with Gasteiger partial charge in [-0.1, -0.05) is 0 Å². The first kappa shape index (κ1) is 15.9. The van der Waals surface area contributed by atoms with E-state index < -0.39 is 0 Å². The van der Waals surface area contributed by atoms with Gasteiger partial charge in [-0.3, -0.25) is 14.9 Å². The lowest BCUT2D eigenvalue weighted by molar-refractivity contribution is -0.123. The molecule has 0 bridgehead atoms. The molecule has 0 heterocycles. The molecule has 0 aromatic heterocycles. The van der Waals surface area contributed by atoms with Crippen LogP contribution in [0.3, 0.4) is 0 Å². The molecule has 6 heteroatoms. The summed E-state index contributed by atoms with van der Waals surface area (Å²) >= 11 is 0. The molecule has 0 aliphatic heterocycles. The first-order chi connectivity index (χ1) is 8.11. The Labute approximate surface area is 102 Å². The summed E-state index contributed by atoms with van der Waals surface area (Å²) in [6.07, 6.45) is 0.786. The van der Waals surface area contributed by atoms with E-state index in [4.69, 9.17) is 4.74 Å². The summed E-state index contributed by atoms with van der Waals surface area (Å²) in [5, 5.41) is 8.26. The van der Waals surface area contributed by atoms with Gasteiger partial charge in [-0.2, -0.15) is 0 Å². The predicted molar refractivity (Wildman–Crippen MR) is 65.7 cm³/mol. The number of carbonyl (C=O) groups excluding carboxylic acids is 2. The molecule has 100 valence electrons. The number of amides is 2. The van der Waals surface area contributed by atoms with Crippen LogP contribution in [-0.2, 0) is 14.3 Å². The zero-order valence-corrected chi connectivity index (χ0v) is 10.8. The Morgan fingerprint density at radius 3 is 2.59 bits per heavy atom. The van der Waals surface area contributed by atoms with Crippen LogP contribution in [0.4, 0.5) is 0 Å².